The zero-order valence-corrected chi connectivity index (χ0v) is 12.5. The Hall–Kier alpha value is -0.620. The number of halogens is 1. The summed E-state index contributed by atoms with van der Waals surface area (Å²) in [6, 6.07) is 7.03. The Bertz CT molecular complexity index is 525. The van der Waals surface area contributed by atoms with E-state index in [4.69, 9.17) is 11.6 Å². The van der Waals surface area contributed by atoms with Crippen LogP contribution in [0.4, 0.5) is 0 Å². The molecule has 19 heavy (non-hydrogen) atoms. The molecule has 0 radical (unpaired) electrons. The van der Waals surface area contributed by atoms with Crippen molar-refractivity contribution in [2.24, 2.45) is 0 Å². The Labute approximate surface area is 119 Å². The zero-order chi connectivity index (χ0) is 13.9. The molecule has 106 valence electrons. The van der Waals surface area contributed by atoms with Crippen molar-refractivity contribution in [1.29, 1.82) is 0 Å². The van der Waals surface area contributed by atoms with E-state index >= 15 is 0 Å². The van der Waals surface area contributed by atoms with Crippen LogP contribution in [-0.4, -0.2) is 27.5 Å². The molecular weight excluding hydrogens is 284 g/mol. The van der Waals surface area contributed by atoms with Crippen molar-refractivity contribution in [2.75, 3.05) is 7.05 Å². The molecule has 0 bridgehead atoms. The number of hydrogen-bond donors (Lipinski definition) is 2. The molecule has 0 atom stereocenters. The van der Waals surface area contributed by atoms with Crippen LogP contribution in [0.1, 0.15) is 25.7 Å². The van der Waals surface area contributed by atoms with E-state index in [1.807, 2.05) is 7.05 Å². The first-order chi connectivity index (χ1) is 9.03. The lowest BCUT2D eigenvalue weighted by atomic mass is 9.92. The smallest absolute Gasteiger partial charge is 0.242 e. The van der Waals surface area contributed by atoms with Crippen molar-refractivity contribution >= 4 is 21.6 Å². The van der Waals surface area contributed by atoms with Crippen molar-refractivity contribution in [3.8, 4) is 0 Å². The molecule has 1 aromatic carbocycles. The van der Waals surface area contributed by atoms with Gasteiger partial charge in [0.2, 0.25) is 10.0 Å². The molecule has 0 aromatic heterocycles. The fraction of sp³-hybridized carbons (Fsp3) is 0.538. The van der Waals surface area contributed by atoms with Crippen LogP contribution in [0, 0.1) is 0 Å². The maximum atomic E-state index is 12.3. The third-order valence-electron chi connectivity index (χ3n) is 3.58. The van der Waals surface area contributed by atoms with Gasteiger partial charge < -0.3 is 5.32 Å². The highest BCUT2D eigenvalue weighted by Crippen LogP contribution is 2.24. The van der Waals surface area contributed by atoms with Gasteiger partial charge in [0.15, 0.2) is 0 Å². The Morgan fingerprint density at radius 2 is 1.68 bits per heavy atom. The number of sulfonamides is 1. The Balaban J connectivity index is 2.05. The summed E-state index contributed by atoms with van der Waals surface area (Å²) in [6.07, 6.45) is 3.70. The van der Waals surface area contributed by atoms with Gasteiger partial charge in [-0.1, -0.05) is 23.7 Å². The van der Waals surface area contributed by atoms with Gasteiger partial charge in [0.25, 0.3) is 0 Å². The molecule has 0 unspecified atom stereocenters. The van der Waals surface area contributed by atoms with Crippen LogP contribution in [0.3, 0.4) is 0 Å². The summed E-state index contributed by atoms with van der Waals surface area (Å²) in [7, 11) is -1.57. The molecule has 1 aliphatic rings. The predicted octanol–water partition coefficient (Wildman–Crippen LogP) is 2.15. The molecule has 4 nitrogen and oxygen atoms in total. The second-order valence-electron chi connectivity index (χ2n) is 4.89. The Morgan fingerprint density at radius 3 is 2.26 bits per heavy atom. The number of nitrogens with one attached hydrogen (secondary N) is 2. The molecule has 0 aliphatic heterocycles. The summed E-state index contributed by atoms with van der Waals surface area (Å²) >= 11 is 5.94. The summed E-state index contributed by atoms with van der Waals surface area (Å²) in [4.78, 5) is 0.160. The molecule has 2 rings (SSSR count). The molecule has 0 amide bonds. The van der Waals surface area contributed by atoms with Crippen LogP contribution >= 0.6 is 11.6 Å². The van der Waals surface area contributed by atoms with Crippen LogP contribution in [0.2, 0.25) is 5.02 Å². The van der Waals surface area contributed by atoms with E-state index in [9.17, 15) is 8.42 Å². The van der Waals surface area contributed by atoms with E-state index in [1.54, 1.807) is 18.2 Å². The Kier molecular flexibility index (Phi) is 4.84. The fourth-order valence-corrected chi connectivity index (χ4v) is 4.27. The SMILES string of the molecule is CNC1CCC(NS(=O)(=O)c2ccccc2Cl)CC1. The van der Waals surface area contributed by atoms with E-state index in [0.717, 1.165) is 25.7 Å². The topological polar surface area (TPSA) is 58.2 Å². The molecular formula is C13H19ClN2O2S. The van der Waals surface area contributed by atoms with Crippen molar-refractivity contribution < 1.29 is 8.42 Å². The van der Waals surface area contributed by atoms with E-state index in [1.165, 1.54) is 6.07 Å². The summed E-state index contributed by atoms with van der Waals surface area (Å²) in [6.45, 7) is 0. The lowest BCUT2D eigenvalue weighted by Gasteiger charge is -2.28. The van der Waals surface area contributed by atoms with Crippen molar-refractivity contribution in [3.63, 3.8) is 0 Å². The molecule has 1 fully saturated rings. The summed E-state index contributed by atoms with van der Waals surface area (Å²) in [5.74, 6) is 0. The maximum Gasteiger partial charge on any atom is 0.242 e. The normalized spacial score (nSPS) is 24.3. The number of rotatable bonds is 4. The van der Waals surface area contributed by atoms with Crippen LogP contribution in [0.25, 0.3) is 0 Å². The predicted molar refractivity (Wildman–Crippen MR) is 76.9 cm³/mol. The Morgan fingerprint density at radius 1 is 1.11 bits per heavy atom. The lowest BCUT2D eigenvalue weighted by Crippen LogP contribution is -2.41. The van der Waals surface area contributed by atoms with Crippen molar-refractivity contribution in [2.45, 2.75) is 42.7 Å². The van der Waals surface area contributed by atoms with E-state index < -0.39 is 10.0 Å². The minimum Gasteiger partial charge on any atom is -0.317 e. The molecule has 0 spiro atoms. The van der Waals surface area contributed by atoms with Gasteiger partial charge in [0.1, 0.15) is 4.90 Å². The molecule has 1 aliphatic carbocycles. The van der Waals surface area contributed by atoms with Gasteiger partial charge in [-0.25, -0.2) is 13.1 Å². The lowest BCUT2D eigenvalue weighted by molar-refractivity contribution is 0.343. The van der Waals surface area contributed by atoms with Gasteiger partial charge in [-0.15, -0.1) is 0 Å². The highest BCUT2D eigenvalue weighted by atomic mass is 35.5. The standard InChI is InChI=1S/C13H19ClN2O2S/c1-15-10-6-8-11(9-7-10)16-19(17,18)13-5-3-2-4-12(13)14/h2-5,10-11,15-16H,6-9H2,1H3. The van der Waals surface area contributed by atoms with Crippen molar-refractivity contribution in [1.82, 2.24) is 10.0 Å². The van der Waals surface area contributed by atoms with E-state index in [2.05, 4.69) is 10.0 Å². The second kappa shape index (κ2) is 6.22. The molecule has 1 saturated carbocycles. The first kappa shape index (κ1) is 14.8. The average molecular weight is 303 g/mol. The third kappa shape index (κ3) is 3.69. The first-order valence-electron chi connectivity index (χ1n) is 6.47. The summed E-state index contributed by atoms with van der Waals surface area (Å²) < 4.78 is 27.3. The molecule has 0 heterocycles. The monoisotopic (exact) mass is 302 g/mol. The third-order valence-corrected chi connectivity index (χ3v) is 5.60. The quantitative estimate of drug-likeness (QED) is 0.896. The fourth-order valence-electron chi connectivity index (χ4n) is 2.45. The first-order valence-corrected chi connectivity index (χ1v) is 8.33. The maximum absolute atomic E-state index is 12.3. The van der Waals surface area contributed by atoms with Crippen LogP contribution in [-0.2, 0) is 10.0 Å². The number of benzene rings is 1. The highest BCUT2D eigenvalue weighted by Gasteiger charge is 2.26. The molecule has 6 heteroatoms. The second-order valence-corrected chi connectivity index (χ2v) is 6.98. The molecule has 2 N–H and O–H groups in total. The van der Waals surface area contributed by atoms with Gasteiger partial charge in [0, 0.05) is 12.1 Å². The highest BCUT2D eigenvalue weighted by molar-refractivity contribution is 7.89. The van der Waals surface area contributed by atoms with E-state index in [0.29, 0.717) is 6.04 Å². The largest absolute Gasteiger partial charge is 0.317 e. The van der Waals surface area contributed by atoms with Crippen LogP contribution < -0.4 is 10.0 Å². The van der Waals surface area contributed by atoms with Gasteiger partial charge in [-0.2, -0.15) is 0 Å². The van der Waals surface area contributed by atoms with Gasteiger partial charge in [-0.05, 0) is 44.9 Å². The zero-order valence-electron chi connectivity index (χ0n) is 10.9. The number of hydrogen-bond acceptors (Lipinski definition) is 3. The minimum absolute atomic E-state index is 0.00544. The summed E-state index contributed by atoms with van der Waals surface area (Å²) in [5.41, 5.74) is 0. The molecule has 1 aromatic rings. The van der Waals surface area contributed by atoms with Crippen molar-refractivity contribution in [3.05, 3.63) is 29.3 Å². The van der Waals surface area contributed by atoms with Crippen LogP contribution in [0.5, 0.6) is 0 Å². The van der Waals surface area contributed by atoms with Gasteiger partial charge in [-0.3, -0.25) is 0 Å². The van der Waals surface area contributed by atoms with Crippen LogP contribution in [0.15, 0.2) is 29.2 Å². The van der Waals surface area contributed by atoms with Gasteiger partial charge >= 0.3 is 0 Å². The summed E-state index contributed by atoms with van der Waals surface area (Å²) in [5, 5.41) is 3.49. The van der Waals surface area contributed by atoms with E-state index in [-0.39, 0.29) is 16.0 Å². The minimum atomic E-state index is -3.52. The average Bonchev–Trinajstić information content (AvgIpc) is 2.39. The van der Waals surface area contributed by atoms with Gasteiger partial charge in [0.05, 0.1) is 5.02 Å². The molecule has 0 saturated heterocycles.